The third-order valence-electron chi connectivity index (χ3n) is 3.41. The van der Waals surface area contributed by atoms with Crippen LogP contribution in [0.2, 0.25) is 0 Å². The summed E-state index contributed by atoms with van der Waals surface area (Å²) in [6.07, 6.45) is 3.79. The first-order valence-corrected chi connectivity index (χ1v) is 7.69. The van der Waals surface area contributed by atoms with E-state index < -0.39 is 0 Å². The molecule has 114 valence electrons. The van der Waals surface area contributed by atoms with Gasteiger partial charge in [-0.05, 0) is 56.1 Å². The van der Waals surface area contributed by atoms with Gasteiger partial charge in [0.15, 0.2) is 0 Å². The first-order valence-electron chi connectivity index (χ1n) is 7.69. The maximum absolute atomic E-state index is 5.18. The molecule has 3 heteroatoms. The highest BCUT2D eigenvalue weighted by Crippen LogP contribution is 2.18. The molecule has 0 aromatic heterocycles. The SMILES string of the molecule is COc1ccc(N(C)CCCCCNCC(C)C)cc1. The van der Waals surface area contributed by atoms with E-state index in [0.29, 0.717) is 0 Å². The second-order valence-corrected chi connectivity index (χ2v) is 5.78. The molecule has 0 aliphatic rings. The Morgan fingerprint density at radius 3 is 2.40 bits per heavy atom. The van der Waals surface area contributed by atoms with Crippen molar-refractivity contribution in [2.45, 2.75) is 33.1 Å². The molecule has 0 aliphatic heterocycles. The Balaban J connectivity index is 2.11. The number of anilines is 1. The molecule has 0 fully saturated rings. The number of unbranched alkanes of at least 4 members (excludes halogenated alkanes) is 2. The third-order valence-corrected chi connectivity index (χ3v) is 3.41. The fourth-order valence-electron chi connectivity index (χ4n) is 2.13. The summed E-state index contributed by atoms with van der Waals surface area (Å²) in [5.41, 5.74) is 1.25. The highest BCUT2D eigenvalue weighted by atomic mass is 16.5. The number of hydrogen-bond donors (Lipinski definition) is 1. The zero-order valence-corrected chi connectivity index (χ0v) is 13.5. The lowest BCUT2D eigenvalue weighted by atomic mass is 10.2. The van der Waals surface area contributed by atoms with Gasteiger partial charge in [0, 0.05) is 19.3 Å². The monoisotopic (exact) mass is 278 g/mol. The number of hydrogen-bond acceptors (Lipinski definition) is 3. The lowest BCUT2D eigenvalue weighted by molar-refractivity contribution is 0.415. The molecule has 0 saturated heterocycles. The second-order valence-electron chi connectivity index (χ2n) is 5.78. The van der Waals surface area contributed by atoms with Crippen LogP contribution in [0.25, 0.3) is 0 Å². The van der Waals surface area contributed by atoms with Crippen LogP contribution < -0.4 is 15.0 Å². The average Bonchev–Trinajstić information content (AvgIpc) is 2.45. The van der Waals surface area contributed by atoms with Crippen molar-refractivity contribution in [3.05, 3.63) is 24.3 Å². The highest BCUT2D eigenvalue weighted by molar-refractivity contribution is 5.48. The molecule has 0 amide bonds. The Kier molecular flexibility index (Phi) is 8.12. The molecule has 1 N–H and O–H groups in total. The van der Waals surface area contributed by atoms with Crippen LogP contribution in [0.1, 0.15) is 33.1 Å². The van der Waals surface area contributed by atoms with Crippen molar-refractivity contribution in [2.75, 3.05) is 38.7 Å². The topological polar surface area (TPSA) is 24.5 Å². The van der Waals surface area contributed by atoms with Crippen molar-refractivity contribution in [3.63, 3.8) is 0 Å². The molecule has 0 bridgehead atoms. The van der Waals surface area contributed by atoms with Crippen LogP contribution in [0.4, 0.5) is 5.69 Å². The van der Waals surface area contributed by atoms with E-state index in [1.165, 1.54) is 24.9 Å². The molecule has 3 nitrogen and oxygen atoms in total. The fourth-order valence-corrected chi connectivity index (χ4v) is 2.13. The maximum atomic E-state index is 5.18. The molecule has 1 aromatic rings. The number of ether oxygens (including phenoxy) is 1. The summed E-state index contributed by atoms with van der Waals surface area (Å²) in [4.78, 5) is 2.31. The van der Waals surface area contributed by atoms with Crippen molar-refractivity contribution >= 4 is 5.69 Å². The molecule has 0 spiro atoms. The fraction of sp³-hybridized carbons (Fsp3) is 0.647. The second kappa shape index (κ2) is 9.65. The van der Waals surface area contributed by atoms with Crippen molar-refractivity contribution < 1.29 is 4.74 Å². The lowest BCUT2D eigenvalue weighted by Crippen LogP contribution is -2.21. The van der Waals surface area contributed by atoms with Crippen LogP contribution in [0.15, 0.2) is 24.3 Å². The van der Waals surface area contributed by atoms with Crippen LogP contribution in [0.3, 0.4) is 0 Å². The summed E-state index contributed by atoms with van der Waals surface area (Å²) in [6.45, 7) is 7.88. The predicted octanol–water partition coefficient (Wildman–Crippen LogP) is 3.55. The quantitative estimate of drug-likeness (QED) is 0.662. The standard InChI is InChI=1S/C17H30N2O/c1-15(2)14-18-12-6-5-7-13-19(3)16-8-10-17(20-4)11-9-16/h8-11,15,18H,5-7,12-14H2,1-4H3. The summed E-state index contributed by atoms with van der Waals surface area (Å²) in [5.74, 6) is 1.66. The van der Waals surface area contributed by atoms with Crippen molar-refractivity contribution in [1.29, 1.82) is 0 Å². The first-order chi connectivity index (χ1) is 9.63. The van der Waals surface area contributed by atoms with E-state index in [1.54, 1.807) is 7.11 Å². The Hall–Kier alpha value is -1.22. The minimum Gasteiger partial charge on any atom is -0.497 e. The Labute approximate surface area is 124 Å². The molecule has 1 rings (SSSR count). The number of methoxy groups -OCH3 is 1. The molecular weight excluding hydrogens is 248 g/mol. The van der Waals surface area contributed by atoms with Crippen molar-refractivity contribution in [1.82, 2.24) is 5.32 Å². The molecule has 0 unspecified atom stereocenters. The summed E-state index contributed by atoms with van der Waals surface area (Å²) in [6, 6.07) is 8.26. The van der Waals surface area contributed by atoms with Gasteiger partial charge >= 0.3 is 0 Å². The van der Waals surface area contributed by atoms with Gasteiger partial charge in [-0.15, -0.1) is 0 Å². The van der Waals surface area contributed by atoms with Crippen LogP contribution in [-0.2, 0) is 0 Å². The zero-order valence-electron chi connectivity index (χ0n) is 13.5. The van der Waals surface area contributed by atoms with E-state index in [4.69, 9.17) is 4.74 Å². The van der Waals surface area contributed by atoms with Gasteiger partial charge in [-0.25, -0.2) is 0 Å². The van der Waals surface area contributed by atoms with Crippen molar-refractivity contribution in [2.24, 2.45) is 5.92 Å². The summed E-state index contributed by atoms with van der Waals surface area (Å²) in [5, 5.41) is 3.49. The van der Waals surface area contributed by atoms with Gasteiger partial charge in [0.1, 0.15) is 5.75 Å². The number of nitrogens with one attached hydrogen (secondary N) is 1. The van der Waals surface area contributed by atoms with Crippen LogP contribution in [0, 0.1) is 5.92 Å². The summed E-state index contributed by atoms with van der Waals surface area (Å²) < 4.78 is 5.18. The average molecular weight is 278 g/mol. The molecular formula is C17H30N2O. The molecule has 0 radical (unpaired) electrons. The largest absolute Gasteiger partial charge is 0.497 e. The molecule has 0 atom stereocenters. The Bertz CT molecular complexity index is 349. The van der Waals surface area contributed by atoms with Crippen LogP contribution in [-0.4, -0.2) is 33.8 Å². The van der Waals surface area contributed by atoms with Gasteiger partial charge < -0.3 is 15.0 Å². The highest BCUT2D eigenvalue weighted by Gasteiger charge is 2.01. The van der Waals surface area contributed by atoms with Gasteiger partial charge in [-0.1, -0.05) is 20.3 Å². The van der Waals surface area contributed by atoms with Crippen LogP contribution >= 0.6 is 0 Å². The van der Waals surface area contributed by atoms with E-state index in [9.17, 15) is 0 Å². The number of nitrogens with zero attached hydrogens (tertiary/aromatic N) is 1. The van der Waals surface area contributed by atoms with E-state index in [-0.39, 0.29) is 0 Å². The van der Waals surface area contributed by atoms with E-state index in [1.807, 2.05) is 12.1 Å². The maximum Gasteiger partial charge on any atom is 0.119 e. The summed E-state index contributed by atoms with van der Waals surface area (Å²) >= 11 is 0. The molecule has 1 aromatic carbocycles. The molecule has 0 saturated carbocycles. The normalized spacial score (nSPS) is 10.8. The first kappa shape index (κ1) is 16.8. The van der Waals surface area contributed by atoms with Gasteiger partial charge in [0.2, 0.25) is 0 Å². The van der Waals surface area contributed by atoms with E-state index >= 15 is 0 Å². The van der Waals surface area contributed by atoms with Gasteiger partial charge in [-0.2, -0.15) is 0 Å². The molecule has 0 heterocycles. The predicted molar refractivity (Wildman–Crippen MR) is 87.8 cm³/mol. The Morgan fingerprint density at radius 2 is 1.80 bits per heavy atom. The number of rotatable bonds is 10. The van der Waals surface area contributed by atoms with Crippen LogP contribution in [0.5, 0.6) is 5.75 Å². The third kappa shape index (κ3) is 6.80. The van der Waals surface area contributed by atoms with Gasteiger partial charge in [0.25, 0.3) is 0 Å². The zero-order chi connectivity index (χ0) is 14.8. The van der Waals surface area contributed by atoms with Crippen molar-refractivity contribution in [3.8, 4) is 5.75 Å². The van der Waals surface area contributed by atoms with E-state index in [2.05, 4.69) is 43.2 Å². The minimum atomic E-state index is 0.746. The minimum absolute atomic E-state index is 0.746. The van der Waals surface area contributed by atoms with E-state index in [0.717, 1.165) is 31.3 Å². The van der Waals surface area contributed by atoms with Gasteiger partial charge in [0.05, 0.1) is 7.11 Å². The molecule has 0 aliphatic carbocycles. The summed E-state index contributed by atoms with van der Waals surface area (Å²) in [7, 11) is 3.85. The molecule has 20 heavy (non-hydrogen) atoms. The smallest absolute Gasteiger partial charge is 0.119 e. The lowest BCUT2D eigenvalue weighted by Gasteiger charge is -2.19. The Morgan fingerprint density at radius 1 is 1.10 bits per heavy atom. The van der Waals surface area contributed by atoms with Gasteiger partial charge in [-0.3, -0.25) is 0 Å². The number of benzene rings is 1.